The van der Waals surface area contributed by atoms with E-state index in [1.807, 2.05) is 6.07 Å². The minimum absolute atomic E-state index is 0.169. The number of aliphatic carboxylic acids is 1. The summed E-state index contributed by atoms with van der Waals surface area (Å²) in [5.41, 5.74) is 4.52. The Kier molecular flexibility index (Phi) is 5.25. The van der Waals surface area contributed by atoms with Crippen LogP contribution in [0.15, 0.2) is 29.0 Å². The van der Waals surface area contributed by atoms with E-state index in [1.165, 1.54) is 22.0 Å². The van der Waals surface area contributed by atoms with Gasteiger partial charge in [-0.15, -0.1) is 5.10 Å². The van der Waals surface area contributed by atoms with Gasteiger partial charge in [-0.2, -0.15) is 0 Å². The number of amides is 1. The molecule has 142 valence electrons. The summed E-state index contributed by atoms with van der Waals surface area (Å²) in [5.74, 6) is -0.783. The molecule has 0 aliphatic heterocycles. The predicted octanol–water partition coefficient (Wildman–Crippen LogP) is 2.40. The van der Waals surface area contributed by atoms with Crippen LogP contribution in [0.5, 0.6) is 0 Å². The van der Waals surface area contributed by atoms with Gasteiger partial charge >= 0.3 is 5.97 Å². The molecule has 0 bridgehead atoms. The number of aromatic nitrogens is 3. The van der Waals surface area contributed by atoms with Crippen molar-refractivity contribution in [1.29, 1.82) is 0 Å². The number of rotatable bonds is 7. The van der Waals surface area contributed by atoms with Crippen molar-refractivity contribution in [3.63, 3.8) is 0 Å². The number of carboxylic acids is 1. The zero-order chi connectivity index (χ0) is 19.6. The molecule has 1 amide bonds. The van der Waals surface area contributed by atoms with Gasteiger partial charge in [-0.05, 0) is 36.1 Å². The SMILES string of the molecule is Cc1cc2occ(CC(=O)NCc3cn(CC(=O)O)nn3)c2cc1C(C)C. The summed E-state index contributed by atoms with van der Waals surface area (Å²) in [6.07, 6.45) is 3.31. The lowest BCUT2D eigenvalue weighted by molar-refractivity contribution is -0.138. The second kappa shape index (κ2) is 7.61. The quantitative estimate of drug-likeness (QED) is 0.661. The maximum absolute atomic E-state index is 12.3. The molecule has 8 nitrogen and oxygen atoms in total. The molecule has 27 heavy (non-hydrogen) atoms. The largest absolute Gasteiger partial charge is 0.480 e. The van der Waals surface area contributed by atoms with Crippen molar-refractivity contribution in [2.24, 2.45) is 0 Å². The van der Waals surface area contributed by atoms with Gasteiger partial charge in [0.1, 0.15) is 17.8 Å². The Bertz CT molecular complexity index is 987. The van der Waals surface area contributed by atoms with Crippen molar-refractivity contribution in [2.75, 3.05) is 0 Å². The molecule has 3 rings (SSSR count). The number of aryl methyl sites for hydroxylation is 1. The van der Waals surface area contributed by atoms with Gasteiger partial charge in [0, 0.05) is 10.9 Å². The fourth-order valence-electron chi connectivity index (χ4n) is 3.06. The van der Waals surface area contributed by atoms with Gasteiger partial charge in [0.25, 0.3) is 0 Å². The van der Waals surface area contributed by atoms with Gasteiger partial charge in [0.05, 0.1) is 25.4 Å². The highest BCUT2D eigenvalue weighted by Gasteiger charge is 2.14. The van der Waals surface area contributed by atoms with Crippen LogP contribution in [-0.2, 0) is 29.1 Å². The van der Waals surface area contributed by atoms with Gasteiger partial charge in [-0.25, -0.2) is 4.68 Å². The number of nitrogens with zero attached hydrogens (tertiary/aromatic N) is 3. The van der Waals surface area contributed by atoms with E-state index in [2.05, 4.69) is 42.5 Å². The van der Waals surface area contributed by atoms with Gasteiger partial charge in [0.15, 0.2) is 0 Å². The second-order valence-corrected chi connectivity index (χ2v) is 6.88. The average molecular weight is 370 g/mol. The monoisotopic (exact) mass is 370 g/mol. The van der Waals surface area contributed by atoms with E-state index < -0.39 is 5.97 Å². The maximum Gasteiger partial charge on any atom is 0.325 e. The molecule has 0 saturated heterocycles. The predicted molar refractivity (Wildman–Crippen MR) is 98.2 cm³/mol. The van der Waals surface area contributed by atoms with Crippen molar-refractivity contribution in [3.05, 3.63) is 47.0 Å². The summed E-state index contributed by atoms with van der Waals surface area (Å²) >= 11 is 0. The molecule has 2 heterocycles. The van der Waals surface area contributed by atoms with Crippen LogP contribution in [0, 0.1) is 6.92 Å². The first kappa shape index (κ1) is 18.6. The van der Waals surface area contributed by atoms with Crippen LogP contribution in [0.2, 0.25) is 0 Å². The summed E-state index contributed by atoms with van der Waals surface area (Å²) in [5, 5.41) is 20.0. The molecule has 0 spiro atoms. The molecule has 0 aliphatic carbocycles. The average Bonchev–Trinajstić information content (AvgIpc) is 3.18. The molecule has 0 aliphatic rings. The molecular weight excluding hydrogens is 348 g/mol. The molecular formula is C19H22N4O4. The zero-order valence-electron chi connectivity index (χ0n) is 15.5. The number of hydrogen-bond donors (Lipinski definition) is 2. The highest BCUT2D eigenvalue weighted by atomic mass is 16.4. The van der Waals surface area contributed by atoms with E-state index in [4.69, 9.17) is 9.52 Å². The molecule has 1 aromatic carbocycles. The smallest absolute Gasteiger partial charge is 0.325 e. The summed E-state index contributed by atoms with van der Waals surface area (Å²) in [6.45, 7) is 6.25. The third kappa shape index (κ3) is 4.33. The van der Waals surface area contributed by atoms with E-state index in [1.54, 1.807) is 6.26 Å². The van der Waals surface area contributed by atoms with Crippen LogP contribution >= 0.6 is 0 Å². The van der Waals surface area contributed by atoms with Crippen LogP contribution in [-0.4, -0.2) is 32.0 Å². The molecule has 0 saturated carbocycles. The van der Waals surface area contributed by atoms with Crippen LogP contribution in [0.4, 0.5) is 0 Å². The highest BCUT2D eigenvalue weighted by molar-refractivity contribution is 5.88. The highest BCUT2D eigenvalue weighted by Crippen LogP contribution is 2.29. The molecule has 0 radical (unpaired) electrons. The summed E-state index contributed by atoms with van der Waals surface area (Å²) in [4.78, 5) is 22.9. The Hall–Kier alpha value is -3.16. The van der Waals surface area contributed by atoms with Crippen LogP contribution in [0.1, 0.15) is 42.1 Å². The van der Waals surface area contributed by atoms with Crippen molar-refractivity contribution in [1.82, 2.24) is 20.3 Å². The van der Waals surface area contributed by atoms with E-state index in [0.717, 1.165) is 16.5 Å². The Labute approximate surface area is 156 Å². The first-order valence-electron chi connectivity index (χ1n) is 8.71. The number of benzene rings is 1. The number of carboxylic acid groups (broad SMARTS) is 1. The van der Waals surface area contributed by atoms with Crippen molar-refractivity contribution >= 4 is 22.8 Å². The third-order valence-corrected chi connectivity index (χ3v) is 4.37. The summed E-state index contributed by atoms with van der Waals surface area (Å²) in [7, 11) is 0. The number of hydrogen-bond acceptors (Lipinski definition) is 5. The van der Waals surface area contributed by atoms with Gasteiger partial charge in [0.2, 0.25) is 5.91 Å². The summed E-state index contributed by atoms with van der Waals surface area (Å²) in [6, 6.07) is 4.10. The second-order valence-electron chi connectivity index (χ2n) is 6.88. The standard InChI is InChI=1S/C19H22N4O4/c1-11(2)15-6-16-13(10-27-17(16)4-12(15)3)5-18(24)20-7-14-8-23(22-21-14)9-19(25)26/h4,6,8,10-11H,5,7,9H2,1-3H3,(H,20,24)(H,25,26). The minimum atomic E-state index is -1.00. The fraction of sp³-hybridized carbons (Fsp3) is 0.368. The Morgan fingerprint density at radius 1 is 1.33 bits per heavy atom. The van der Waals surface area contributed by atoms with E-state index in [0.29, 0.717) is 11.6 Å². The van der Waals surface area contributed by atoms with Crippen LogP contribution in [0.25, 0.3) is 11.0 Å². The number of nitrogens with one attached hydrogen (secondary N) is 1. The molecule has 8 heteroatoms. The van der Waals surface area contributed by atoms with Crippen molar-refractivity contribution < 1.29 is 19.1 Å². The fourth-order valence-corrected chi connectivity index (χ4v) is 3.06. The van der Waals surface area contributed by atoms with E-state index in [9.17, 15) is 9.59 Å². The van der Waals surface area contributed by atoms with Crippen LogP contribution < -0.4 is 5.32 Å². The van der Waals surface area contributed by atoms with Crippen molar-refractivity contribution in [3.8, 4) is 0 Å². The zero-order valence-corrected chi connectivity index (χ0v) is 15.5. The van der Waals surface area contributed by atoms with E-state index in [-0.39, 0.29) is 25.4 Å². The molecule has 2 N–H and O–H groups in total. The maximum atomic E-state index is 12.3. The molecule has 0 atom stereocenters. The Balaban J connectivity index is 1.66. The number of fused-ring (bicyclic) bond motifs is 1. The lowest BCUT2D eigenvalue weighted by Crippen LogP contribution is -2.24. The first-order chi connectivity index (χ1) is 12.8. The number of carbonyl (C=O) groups excluding carboxylic acids is 1. The summed E-state index contributed by atoms with van der Waals surface area (Å²) < 4.78 is 6.82. The molecule has 0 unspecified atom stereocenters. The topological polar surface area (TPSA) is 110 Å². The molecule has 0 fully saturated rings. The van der Waals surface area contributed by atoms with E-state index >= 15 is 0 Å². The minimum Gasteiger partial charge on any atom is -0.480 e. The normalized spacial score (nSPS) is 11.3. The van der Waals surface area contributed by atoms with Crippen molar-refractivity contribution in [2.45, 2.75) is 46.2 Å². The van der Waals surface area contributed by atoms with Crippen LogP contribution in [0.3, 0.4) is 0 Å². The Morgan fingerprint density at radius 3 is 2.81 bits per heavy atom. The lowest BCUT2D eigenvalue weighted by Gasteiger charge is -2.10. The Morgan fingerprint density at radius 2 is 2.11 bits per heavy atom. The van der Waals surface area contributed by atoms with Gasteiger partial charge < -0.3 is 14.8 Å². The van der Waals surface area contributed by atoms with Gasteiger partial charge in [-0.3, -0.25) is 9.59 Å². The third-order valence-electron chi connectivity index (χ3n) is 4.37. The molecule has 2 aromatic heterocycles. The molecule has 3 aromatic rings. The lowest BCUT2D eigenvalue weighted by atomic mass is 9.95. The number of furan rings is 1. The van der Waals surface area contributed by atoms with Gasteiger partial charge in [-0.1, -0.05) is 19.1 Å². The first-order valence-corrected chi connectivity index (χ1v) is 8.71. The number of carbonyl (C=O) groups is 2.